The molecule has 0 aliphatic carbocycles. The van der Waals surface area contributed by atoms with Crippen LogP contribution < -0.4 is 21.3 Å². The van der Waals surface area contributed by atoms with E-state index >= 15 is 0 Å². The molecule has 0 spiro atoms. The summed E-state index contributed by atoms with van der Waals surface area (Å²) in [5, 5.41) is 14.3. The van der Waals surface area contributed by atoms with Gasteiger partial charge in [-0.3, -0.25) is 9.59 Å². The highest BCUT2D eigenvalue weighted by molar-refractivity contribution is 6.06. The summed E-state index contributed by atoms with van der Waals surface area (Å²) in [5.41, 5.74) is -0.278. The van der Waals surface area contributed by atoms with E-state index in [0.717, 1.165) is 25.7 Å². The van der Waals surface area contributed by atoms with Gasteiger partial charge in [-0.05, 0) is 149 Å². The van der Waals surface area contributed by atoms with Crippen LogP contribution in [0.15, 0.2) is 12.1 Å². The predicted octanol–water partition coefficient (Wildman–Crippen LogP) is 8.13. The third-order valence-corrected chi connectivity index (χ3v) is 11.7. The SMILES string of the molecule is CC1(C)CC(OC(=O)c2cc(C=O)c(C=O)cc2C(=O)OC2CC(C)(C)NC(C)(C)C2)CC(C)(C)N1.COC1CC(C)(C)NC(C)(C)C1.COC1CC(C)(C)NC(C)(C)C1. The normalized spacial score (nSPS) is 25.2. The molecule has 0 radical (unpaired) electrons. The van der Waals surface area contributed by atoms with Crippen LogP contribution in [0.25, 0.3) is 0 Å². The molecule has 0 aromatic heterocycles. The Bertz CT molecular complexity index is 1490. The van der Waals surface area contributed by atoms with Crippen LogP contribution in [0.1, 0.15) is 204 Å². The molecule has 4 aliphatic heterocycles. The van der Waals surface area contributed by atoms with Crippen molar-refractivity contribution in [1.82, 2.24) is 21.3 Å². The first-order valence-corrected chi connectivity index (χ1v) is 21.9. The average molecular weight is 843 g/mol. The average Bonchev–Trinajstić information content (AvgIpc) is 3.02. The minimum atomic E-state index is -0.716. The summed E-state index contributed by atoms with van der Waals surface area (Å²) < 4.78 is 22.6. The molecule has 0 atom stereocenters. The molecule has 4 N–H and O–H groups in total. The highest BCUT2D eigenvalue weighted by Gasteiger charge is 2.42. The van der Waals surface area contributed by atoms with Gasteiger partial charge >= 0.3 is 11.9 Å². The van der Waals surface area contributed by atoms with Gasteiger partial charge in [0.15, 0.2) is 12.6 Å². The first-order valence-electron chi connectivity index (χ1n) is 21.9. The smallest absolute Gasteiger partial charge is 0.339 e. The number of aldehydes is 2. The number of carbonyl (C=O) groups is 4. The molecule has 0 bridgehead atoms. The largest absolute Gasteiger partial charge is 0.459 e. The van der Waals surface area contributed by atoms with Crippen LogP contribution in [-0.2, 0) is 18.9 Å². The topological polar surface area (TPSA) is 153 Å². The molecule has 4 heterocycles. The van der Waals surface area contributed by atoms with E-state index in [2.05, 4.69) is 76.7 Å². The standard InChI is InChI=1S/C28H40N2O6.2C10H21NO/c1-25(2)11-19(12-26(3,4)29-25)35-23(33)21-9-17(15-31)18(16-32)10-22(21)24(34)36-20-13-27(5,6)30-28(7,8)14-20;2*1-9(2)6-8(12-5)7-10(3,4)11-9/h9-10,15-16,19-20,29-30H,11-14H2,1-8H3;2*8,11H,6-7H2,1-5H3. The number of nitrogens with one attached hydrogen (secondary N) is 4. The van der Waals surface area contributed by atoms with Crippen LogP contribution in [0.4, 0.5) is 0 Å². The molecule has 12 nitrogen and oxygen atoms in total. The summed E-state index contributed by atoms with van der Waals surface area (Å²) in [6.45, 7) is 34.2. The Labute approximate surface area is 362 Å². The van der Waals surface area contributed by atoms with E-state index in [0.29, 0.717) is 50.5 Å². The highest BCUT2D eigenvalue weighted by Crippen LogP contribution is 2.34. The maximum Gasteiger partial charge on any atom is 0.339 e. The monoisotopic (exact) mass is 843 g/mol. The molecule has 60 heavy (non-hydrogen) atoms. The second-order valence-corrected chi connectivity index (χ2v) is 23.2. The summed E-state index contributed by atoms with van der Waals surface area (Å²) in [4.78, 5) is 50.0. The highest BCUT2D eigenvalue weighted by atomic mass is 16.6. The van der Waals surface area contributed by atoms with Gasteiger partial charge in [-0.15, -0.1) is 0 Å². The van der Waals surface area contributed by atoms with Gasteiger partial charge in [-0.2, -0.15) is 0 Å². The lowest BCUT2D eigenvalue weighted by molar-refractivity contribution is -0.0107. The predicted molar refractivity (Wildman–Crippen MR) is 239 cm³/mol. The maximum atomic E-state index is 13.4. The van der Waals surface area contributed by atoms with E-state index in [1.165, 1.54) is 12.1 Å². The maximum absolute atomic E-state index is 13.4. The zero-order chi connectivity index (χ0) is 45.9. The number of ether oxygens (including phenoxy) is 4. The second-order valence-electron chi connectivity index (χ2n) is 23.2. The van der Waals surface area contributed by atoms with Gasteiger partial charge in [-0.25, -0.2) is 9.59 Å². The number of hydrogen-bond donors (Lipinski definition) is 4. The second kappa shape index (κ2) is 18.9. The third kappa shape index (κ3) is 15.9. The fraction of sp³-hybridized carbons (Fsp3) is 0.792. The zero-order valence-corrected chi connectivity index (χ0v) is 40.5. The van der Waals surface area contributed by atoms with Crippen LogP contribution in [-0.4, -0.2) is 107 Å². The number of hydrogen-bond acceptors (Lipinski definition) is 12. The lowest BCUT2D eigenvalue weighted by atomic mass is 9.81. The molecular formula is C48H82N4O8. The van der Waals surface area contributed by atoms with Crippen molar-refractivity contribution < 1.29 is 38.1 Å². The fourth-order valence-corrected chi connectivity index (χ4v) is 11.0. The minimum absolute atomic E-state index is 0.0172. The molecule has 1 aromatic rings. The van der Waals surface area contributed by atoms with Gasteiger partial charge < -0.3 is 40.2 Å². The molecule has 12 heteroatoms. The molecular weight excluding hydrogens is 761 g/mol. The Morgan fingerprint density at radius 2 is 0.633 bits per heavy atom. The van der Waals surface area contributed by atoms with Crippen LogP contribution in [0.2, 0.25) is 0 Å². The molecule has 4 fully saturated rings. The molecule has 4 saturated heterocycles. The molecule has 0 saturated carbocycles. The van der Waals surface area contributed by atoms with Crippen LogP contribution in [0, 0.1) is 0 Å². The first kappa shape index (κ1) is 51.6. The van der Waals surface area contributed by atoms with E-state index in [9.17, 15) is 19.2 Å². The van der Waals surface area contributed by atoms with Gasteiger partial charge in [0.1, 0.15) is 12.2 Å². The van der Waals surface area contributed by atoms with Crippen LogP contribution in [0.5, 0.6) is 0 Å². The van der Waals surface area contributed by atoms with Crippen molar-refractivity contribution in [2.75, 3.05) is 14.2 Å². The van der Waals surface area contributed by atoms with Crippen molar-refractivity contribution in [1.29, 1.82) is 0 Å². The van der Waals surface area contributed by atoms with Gasteiger partial charge in [-0.1, -0.05) is 0 Å². The fourth-order valence-electron chi connectivity index (χ4n) is 11.0. The summed E-state index contributed by atoms with van der Waals surface area (Å²) in [7, 11) is 3.62. The van der Waals surface area contributed by atoms with E-state index in [1.54, 1.807) is 0 Å². The Hall–Kier alpha value is -2.74. The van der Waals surface area contributed by atoms with Crippen LogP contribution in [0.3, 0.4) is 0 Å². The summed E-state index contributed by atoms with van der Waals surface area (Å²) in [6, 6.07) is 2.51. The number of piperidine rings is 4. The van der Waals surface area contributed by atoms with Crippen molar-refractivity contribution >= 4 is 24.5 Å². The Kier molecular flexibility index (Phi) is 16.3. The van der Waals surface area contributed by atoms with Crippen molar-refractivity contribution in [3.05, 3.63) is 34.4 Å². The number of benzene rings is 1. The lowest BCUT2D eigenvalue weighted by Crippen LogP contribution is -2.59. The van der Waals surface area contributed by atoms with Crippen LogP contribution >= 0.6 is 0 Å². The number of rotatable bonds is 8. The Balaban J connectivity index is 0.000000323. The minimum Gasteiger partial charge on any atom is -0.459 e. The van der Waals surface area contributed by atoms with Gasteiger partial charge in [0.2, 0.25) is 0 Å². The third-order valence-electron chi connectivity index (χ3n) is 11.7. The molecule has 342 valence electrons. The lowest BCUT2D eigenvalue weighted by Gasteiger charge is -2.46. The van der Waals surface area contributed by atoms with Gasteiger partial charge in [0.05, 0.1) is 23.3 Å². The van der Waals surface area contributed by atoms with E-state index in [4.69, 9.17) is 18.9 Å². The quantitative estimate of drug-likeness (QED) is 0.148. The van der Waals surface area contributed by atoms with E-state index < -0.39 is 11.9 Å². The van der Waals surface area contributed by atoms with Crippen molar-refractivity contribution in [3.8, 4) is 0 Å². The number of methoxy groups -OCH3 is 2. The zero-order valence-electron chi connectivity index (χ0n) is 40.5. The number of esters is 2. The van der Waals surface area contributed by atoms with Crippen molar-refractivity contribution in [2.24, 2.45) is 0 Å². The van der Waals surface area contributed by atoms with E-state index in [-0.39, 0.29) is 78.8 Å². The molecule has 4 aliphatic rings. The van der Waals surface area contributed by atoms with E-state index in [1.807, 2.05) is 69.6 Å². The summed E-state index contributed by atoms with van der Waals surface area (Å²) in [5.74, 6) is -1.43. The molecule has 5 rings (SSSR count). The van der Waals surface area contributed by atoms with Crippen molar-refractivity contribution in [3.63, 3.8) is 0 Å². The Morgan fingerprint density at radius 1 is 0.433 bits per heavy atom. The molecule has 0 amide bonds. The molecule has 1 aromatic carbocycles. The summed E-state index contributed by atoms with van der Waals surface area (Å²) in [6.07, 6.45) is 7.82. The van der Waals surface area contributed by atoms with Gasteiger partial charge in [0.25, 0.3) is 0 Å². The van der Waals surface area contributed by atoms with Gasteiger partial charge in [0, 0.05) is 95.3 Å². The first-order chi connectivity index (χ1) is 27.1. The Morgan fingerprint density at radius 3 is 0.817 bits per heavy atom. The summed E-state index contributed by atoms with van der Waals surface area (Å²) >= 11 is 0. The molecule has 0 unspecified atom stereocenters. The van der Waals surface area contributed by atoms with Crippen molar-refractivity contribution in [2.45, 2.75) is 231 Å². The number of carbonyl (C=O) groups excluding carboxylic acids is 4.